The molecule has 1 aromatic rings. The fourth-order valence-electron chi connectivity index (χ4n) is 2.14. The predicted octanol–water partition coefficient (Wildman–Crippen LogP) is 1.70. The van der Waals surface area contributed by atoms with Crippen LogP contribution in [0.5, 0.6) is 0 Å². The zero-order chi connectivity index (χ0) is 14.4. The van der Waals surface area contributed by atoms with Crippen LogP contribution in [0.2, 0.25) is 0 Å². The summed E-state index contributed by atoms with van der Waals surface area (Å²) in [5.74, 6) is -0.166. The van der Waals surface area contributed by atoms with Crippen molar-refractivity contribution in [1.29, 1.82) is 0 Å². The van der Waals surface area contributed by atoms with E-state index in [0.29, 0.717) is 38.2 Å². The average molecular weight is 276 g/mol. The highest BCUT2D eigenvalue weighted by Crippen LogP contribution is 2.09. The number of amides is 1. The Morgan fingerprint density at radius 3 is 2.35 bits per heavy atom. The van der Waals surface area contributed by atoms with E-state index >= 15 is 0 Å². The van der Waals surface area contributed by atoms with Crippen LogP contribution in [0.4, 0.5) is 0 Å². The van der Waals surface area contributed by atoms with Gasteiger partial charge < -0.3 is 9.74 Å². The minimum atomic E-state index is -0.199. The van der Waals surface area contributed by atoms with Crippen molar-refractivity contribution in [2.24, 2.45) is 0 Å². The van der Waals surface area contributed by atoms with Crippen LogP contribution in [-0.4, -0.2) is 48.0 Å². The molecule has 0 saturated carbocycles. The van der Waals surface area contributed by atoms with Crippen molar-refractivity contribution >= 4 is 11.9 Å². The molecule has 108 valence electrons. The van der Waals surface area contributed by atoms with Crippen molar-refractivity contribution < 1.29 is 14.4 Å². The van der Waals surface area contributed by atoms with Crippen LogP contribution < -0.4 is 0 Å². The summed E-state index contributed by atoms with van der Waals surface area (Å²) in [5.41, 5.74) is 0.698. The van der Waals surface area contributed by atoms with E-state index in [0.717, 1.165) is 6.42 Å². The van der Waals surface area contributed by atoms with Gasteiger partial charge in [-0.05, 0) is 18.6 Å². The van der Waals surface area contributed by atoms with Gasteiger partial charge in [-0.15, -0.1) is 5.06 Å². The zero-order valence-corrected chi connectivity index (χ0v) is 11.7. The molecule has 2 rings (SSSR count). The monoisotopic (exact) mass is 276 g/mol. The standard InChI is InChI=1S/C15H20N2O3/c1-2-6-14(18)20-17-11-9-16(10-12-17)15(19)13-7-4-3-5-8-13/h3-5,7-8H,2,6,9-12H2,1H3. The molecule has 0 aromatic heterocycles. The highest BCUT2D eigenvalue weighted by Gasteiger charge is 2.23. The molecule has 5 nitrogen and oxygen atoms in total. The second kappa shape index (κ2) is 7.05. The quantitative estimate of drug-likeness (QED) is 0.840. The van der Waals surface area contributed by atoms with Crippen LogP contribution in [0, 0.1) is 0 Å². The fourth-order valence-corrected chi connectivity index (χ4v) is 2.14. The molecule has 1 aliphatic heterocycles. The topological polar surface area (TPSA) is 49.9 Å². The molecule has 1 amide bonds. The van der Waals surface area contributed by atoms with Crippen molar-refractivity contribution in [3.05, 3.63) is 35.9 Å². The van der Waals surface area contributed by atoms with Crippen molar-refractivity contribution in [3.63, 3.8) is 0 Å². The van der Waals surface area contributed by atoms with Gasteiger partial charge in [-0.1, -0.05) is 25.1 Å². The Bertz CT molecular complexity index is 453. The molecule has 0 aliphatic carbocycles. The molecule has 1 fully saturated rings. The van der Waals surface area contributed by atoms with Gasteiger partial charge in [0.15, 0.2) is 0 Å². The molecule has 0 spiro atoms. The van der Waals surface area contributed by atoms with Gasteiger partial charge in [0.2, 0.25) is 0 Å². The first-order valence-corrected chi connectivity index (χ1v) is 7.00. The summed E-state index contributed by atoms with van der Waals surface area (Å²) in [4.78, 5) is 30.6. The number of carbonyl (C=O) groups is 2. The SMILES string of the molecule is CCCC(=O)ON1CCN(C(=O)c2ccccc2)CC1. The minimum Gasteiger partial charge on any atom is -0.368 e. The highest BCUT2D eigenvalue weighted by atomic mass is 16.7. The largest absolute Gasteiger partial charge is 0.368 e. The third-order valence-electron chi connectivity index (χ3n) is 3.23. The summed E-state index contributed by atoms with van der Waals surface area (Å²) in [6.45, 7) is 4.22. The Hall–Kier alpha value is -1.88. The molecular weight excluding hydrogens is 256 g/mol. The van der Waals surface area contributed by atoms with Gasteiger partial charge in [0.05, 0.1) is 13.1 Å². The van der Waals surface area contributed by atoms with Crippen molar-refractivity contribution in [1.82, 2.24) is 9.96 Å². The molecule has 20 heavy (non-hydrogen) atoms. The summed E-state index contributed by atoms with van der Waals surface area (Å²) in [5, 5.41) is 1.65. The number of carbonyl (C=O) groups excluding carboxylic acids is 2. The van der Waals surface area contributed by atoms with E-state index in [4.69, 9.17) is 4.84 Å². The number of hydrogen-bond acceptors (Lipinski definition) is 4. The summed E-state index contributed by atoms with van der Waals surface area (Å²) < 4.78 is 0. The normalized spacial score (nSPS) is 15.9. The van der Waals surface area contributed by atoms with Crippen LogP contribution in [0.25, 0.3) is 0 Å². The molecule has 1 aromatic carbocycles. The number of piperazine rings is 1. The number of rotatable bonds is 4. The third-order valence-corrected chi connectivity index (χ3v) is 3.23. The lowest BCUT2D eigenvalue weighted by atomic mass is 10.2. The van der Waals surface area contributed by atoms with Gasteiger partial charge >= 0.3 is 5.97 Å². The van der Waals surface area contributed by atoms with E-state index in [-0.39, 0.29) is 11.9 Å². The molecule has 0 atom stereocenters. The molecule has 0 unspecified atom stereocenters. The first-order chi connectivity index (χ1) is 9.70. The van der Waals surface area contributed by atoms with Gasteiger partial charge in [-0.3, -0.25) is 9.59 Å². The first-order valence-electron chi connectivity index (χ1n) is 7.00. The molecule has 1 heterocycles. The van der Waals surface area contributed by atoms with Crippen LogP contribution >= 0.6 is 0 Å². The van der Waals surface area contributed by atoms with Gasteiger partial charge in [-0.25, -0.2) is 0 Å². The lowest BCUT2D eigenvalue weighted by Crippen LogP contribution is -2.49. The summed E-state index contributed by atoms with van der Waals surface area (Å²) in [6, 6.07) is 9.24. The highest BCUT2D eigenvalue weighted by molar-refractivity contribution is 5.94. The molecule has 0 N–H and O–H groups in total. The van der Waals surface area contributed by atoms with Crippen LogP contribution in [0.15, 0.2) is 30.3 Å². The van der Waals surface area contributed by atoms with E-state index in [9.17, 15) is 9.59 Å². The van der Waals surface area contributed by atoms with Gasteiger partial charge in [0.25, 0.3) is 5.91 Å². The van der Waals surface area contributed by atoms with Crippen molar-refractivity contribution in [2.45, 2.75) is 19.8 Å². The molecule has 1 aliphatic rings. The Labute approximate surface area is 119 Å². The Morgan fingerprint density at radius 2 is 1.75 bits per heavy atom. The van der Waals surface area contributed by atoms with E-state index in [2.05, 4.69) is 0 Å². The van der Waals surface area contributed by atoms with Crippen LogP contribution in [-0.2, 0) is 9.63 Å². The Balaban J connectivity index is 1.82. The smallest absolute Gasteiger partial charge is 0.325 e. The number of nitrogens with zero attached hydrogens (tertiary/aromatic N) is 2. The Kier molecular flexibility index (Phi) is 5.12. The summed E-state index contributed by atoms with van der Waals surface area (Å²) in [6.07, 6.45) is 1.22. The third kappa shape index (κ3) is 3.81. The predicted molar refractivity (Wildman–Crippen MR) is 74.9 cm³/mol. The zero-order valence-electron chi connectivity index (χ0n) is 11.7. The van der Waals surface area contributed by atoms with Crippen LogP contribution in [0.3, 0.4) is 0 Å². The van der Waals surface area contributed by atoms with E-state index in [1.165, 1.54) is 0 Å². The van der Waals surface area contributed by atoms with Gasteiger partial charge in [-0.2, -0.15) is 0 Å². The van der Waals surface area contributed by atoms with Crippen LogP contribution in [0.1, 0.15) is 30.1 Å². The van der Waals surface area contributed by atoms with E-state index < -0.39 is 0 Å². The lowest BCUT2D eigenvalue weighted by molar-refractivity contribution is -0.196. The van der Waals surface area contributed by atoms with E-state index in [1.54, 1.807) is 9.96 Å². The maximum absolute atomic E-state index is 12.2. The number of hydrogen-bond donors (Lipinski definition) is 0. The van der Waals surface area contributed by atoms with Gasteiger partial charge in [0.1, 0.15) is 0 Å². The van der Waals surface area contributed by atoms with Gasteiger partial charge in [0, 0.05) is 25.1 Å². The lowest BCUT2D eigenvalue weighted by Gasteiger charge is -2.33. The second-order valence-electron chi connectivity index (χ2n) is 4.80. The average Bonchev–Trinajstić information content (AvgIpc) is 2.48. The maximum atomic E-state index is 12.2. The molecule has 0 bridgehead atoms. The number of benzene rings is 1. The maximum Gasteiger partial charge on any atom is 0.325 e. The first kappa shape index (κ1) is 14.5. The minimum absolute atomic E-state index is 0.0325. The Morgan fingerprint density at radius 1 is 1.10 bits per heavy atom. The molecular formula is C15H20N2O3. The molecule has 0 radical (unpaired) electrons. The summed E-state index contributed by atoms with van der Waals surface area (Å²) >= 11 is 0. The molecule has 1 saturated heterocycles. The molecule has 5 heteroatoms. The second-order valence-corrected chi connectivity index (χ2v) is 4.80. The summed E-state index contributed by atoms with van der Waals surface area (Å²) in [7, 11) is 0. The number of hydroxylamine groups is 2. The van der Waals surface area contributed by atoms with E-state index in [1.807, 2.05) is 37.3 Å². The van der Waals surface area contributed by atoms with Crippen molar-refractivity contribution in [3.8, 4) is 0 Å². The van der Waals surface area contributed by atoms with Crippen molar-refractivity contribution in [2.75, 3.05) is 26.2 Å². The fraction of sp³-hybridized carbons (Fsp3) is 0.467.